The standard InChI is InChI=1S/C13H21N3O2S/c1-2-5-10-11(19-16-15-10)12(18)14-8-13(9-17)6-3-4-7-13/h17H,2-9H2,1H3,(H,14,18). The molecule has 0 radical (unpaired) electrons. The van der Waals surface area contributed by atoms with Gasteiger partial charge in [-0.2, -0.15) is 0 Å². The van der Waals surface area contributed by atoms with Crippen LogP contribution >= 0.6 is 11.5 Å². The first-order valence-corrected chi connectivity index (χ1v) is 7.68. The van der Waals surface area contributed by atoms with Gasteiger partial charge < -0.3 is 10.4 Å². The normalized spacial score (nSPS) is 17.6. The van der Waals surface area contributed by atoms with Gasteiger partial charge >= 0.3 is 0 Å². The van der Waals surface area contributed by atoms with Crippen molar-refractivity contribution in [3.05, 3.63) is 10.6 Å². The van der Waals surface area contributed by atoms with E-state index in [4.69, 9.17) is 0 Å². The zero-order valence-electron chi connectivity index (χ0n) is 11.3. The van der Waals surface area contributed by atoms with E-state index in [0.29, 0.717) is 11.4 Å². The number of aliphatic hydroxyl groups is 1. The average Bonchev–Trinajstić information content (AvgIpc) is 3.06. The van der Waals surface area contributed by atoms with Crippen molar-refractivity contribution in [2.75, 3.05) is 13.2 Å². The van der Waals surface area contributed by atoms with Crippen LogP contribution in [0.3, 0.4) is 0 Å². The first-order valence-electron chi connectivity index (χ1n) is 6.91. The molecule has 2 N–H and O–H groups in total. The van der Waals surface area contributed by atoms with E-state index in [9.17, 15) is 9.90 Å². The van der Waals surface area contributed by atoms with Crippen molar-refractivity contribution >= 4 is 17.4 Å². The Hall–Kier alpha value is -1.01. The molecule has 0 bridgehead atoms. The number of aliphatic hydroxyl groups excluding tert-OH is 1. The van der Waals surface area contributed by atoms with Crippen LogP contribution in [0.25, 0.3) is 0 Å². The van der Waals surface area contributed by atoms with Gasteiger partial charge in [0.15, 0.2) is 0 Å². The molecule has 0 atom stereocenters. The summed E-state index contributed by atoms with van der Waals surface area (Å²) in [6.45, 7) is 2.75. The number of amides is 1. The Labute approximate surface area is 117 Å². The topological polar surface area (TPSA) is 75.1 Å². The summed E-state index contributed by atoms with van der Waals surface area (Å²) in [6.07, 6.45) is 6.00. The molecule has 2 rings (SSSR count). The number of nitrogens with zero attached hydrogens (tertiary/aromatic N) is 2. The van der Waals surface area contributed by atoms with Crippen LogP contribution in [0.2, 0.25) is 0 Å². The molecule has 1 saturated carbocycles. The highest BCUT2D eigenvalue weighted by Gasteiger charge is 2.33. The molecule has 19 heavy (non-hydrogen) atoms. The maximum Gasteiger partial charge on any atom is 0.264 e. The van der Waals surface area contributed by atoms with E-state index in [1.54, 1.807) is 0 Å². The van der Waals surface area contributed by atoms with Gasteiger partial charge in [0.2, 0.25) is 0 Å². The van der Waals surface area contributed by atoms with Crippen LogP contribution < -0.4 is 5.32 Å². The smallest absolute Gasteiger partial charge is 0.264 e. The minimum atomic E-state index is -0.112. The third-order valence-electron chi connectivity index (χ3n) is 3.87. The molecule has 1 aromatic heterocycles. The molecule has 0 saturated heterocycles. The number of aromatic nitrogens is 2. The summed E-state index contributed by atoms with van der Waals surface area (Å²) in [6, 6.07) is 0. The quantitative estimate of drug-likeness (QED) is 0.834. The van der Waals surface area contributed by atoms with Crippen molar-refractivity contribution in [1.82, 2.24) is 14.9 Å². The van der Waals surface area contributed by atoms with Gasteiger partial charge in [-0.1, -0.05) is 30.7 Å². The Morgan fingerprint density at radius 3 is 2.84 bits per heavy atom. The van der Waals surface area contributed by atoms with Crippen molar-refractivity contribution in [1.29, 1.82) is 0 Å². The molecular formula is C13H21N3O2S. The molecule has 1 heterocycles. The number of aryl methyl sites for hydroxylation is 1. The molecule has 1 aliphatic rings. The van der Waals surface area contributed by atoms with E-state index in [0.717, 1.165) is 55.8 Å². The van der Waals surface area contributed by atoms with Crippen LogP contribution in [0.15, 0.2) is 0 Å². The summed E-state index contributed by atoms with van der Waals surface area (Å²) in [7, 11) is 0. The summed E-state index contributed by atoms with van der Waals surface area (Å²) in [4.78, 5) is 12.8. The lowest BCUT2D eigenvalue weighted by molar-refractivity contribution is 0.0883. The lowest BCUT2D eigenvalue weighted by Gasteiger charge is -2.26. The molecule has 1 amide bonds. The fourth-order valence-corrected chi connectivity index (χ4v) is 3.27. The minimum absolute atomic E-state index is 0.0989. The Morgan fingerprint density at radius 2 is 2.21 bits per heavy atom. The first kappa shape index (κ1) is 14.4. The Morgan fingerprint density at radius 1 is 1.47 bits per heavy atom. The molecule has 1 aromatic rings. The molecule has 0 aliphatic heterocycles. The molecule has 1 fully saturated rings. The monoisotopic (exact) mass is 283 g/mol. The number of carbonyl (C=O) groups is 1. The van der Waals surface area contributed by atoms with Crippen molar-refractivity contribution in [3.8, 4) is 0 Å². The van der Waals surface area contributed by atoms with Crippen LogP contribution in [0.4, 0.5) is 0 Å². The molecule has 0 aromatic carbocycles. The zero-order chi connectivity index (χ0) is 13.7. The Balaban J connectivity index is 1.95. The lowest BCUT2D eigenvalue weighted by Crippen LogP contribution is -2.38. The Bertz CT molecular complexity index is 427. The van der Waals surface area contributed by atoms with E-state index in [1.165, 1.54) is 0 Å². The summed E-state index contributed by atoms with van der Waals surface area (Å²) in [5, 5.41) is 16.5. The van der Waals surface area contributed by atoms with Gasteiger partial charge in [0, 0.05) is 12.0 Å². The fraction of sp³-hybridized carbons (Fsp3) is 0.769. The predicted molar refractivity (Wildman–Crippen MR) is 74.2 cm³/mol. The summed E-state index contributed by atoms with van der Waals surface area (Å²) in [5.41, 5.74) is 0.674. The van der Waals surface area contributed by atoms with E-state index in [1.807, 2.05) is 0 Å². The molecule has 106 valence electrons. The van der Waals surface area contributed by atoms with E-state index < -0.39 is 0 Å². The molecule has 0 unspecified atom stereocenters. The highest BCUT2D eigenvalue weighted by Crippen LogP contribution is 2.36. The van der Waals surface area contributed by atoms with Gasteiger partial charge in [0.05, 0.1) is 12.3 Å². The number of hydrogen-bond donors (Lipinski definition) is 2. The van der Waals surface area contributed by atoms with Crippen molar-refractivity contribution in [2.45, 2.75) is 45.4 Å². The largest absolute Gasteiger partial charge is 0.396 e. The van der Waals surface area contributed by atoms with Gasteiger partial charge in [-0.05, 0) is 30.8 Å². The highest BCUT2D eigenvalue weighted by atomic mass is 32.1. The van der Waals surface area contributed by atoms with Crippen molar-refractivity contribution in [2.24, 2.45) is 5.41 Å². The van der Waals surface area contributed by atoms with Crippen LogP contribution in [0.1, 0.15) is 54.4 Å². The molecule has 0 spiro atoms. The predicted octanol–water partition coefficient (Wildman–Crippen LogP) is 1.77. The number of carbonyl (C=O) groups excluding carboxylic acids is 1. The zero-order valence-corrected chi connectivity index (χ0v) is 12.1. The second kappa shape index (κ2) is 6.43. The van der Waals surface area contributed by atoms with Crippen molar-refractivity contribution in [3.63, 3.8) is 0 Å². The average molecular weight is 283 g/mol. The number of nitrogens with one attached hydrogen (secondary N) is 1. The maximum atomic E-state index is 12.2. The van der Waals surface area contributed by atoms with Crippen LogP contribution in [0, 0.1) is 5.41 Å². The van der Waals surface area contributed by atoms with Crippen LogP contribution in [-0.4, -0.2) is 33.8 Å². The van der Waals surface area contributed by atoms with Crippen molar-refractivity contribution < 1.29 is 9.90 Å². The van der Waals surface area contributed by atoms with E-state index >= 15 is 0 Å². The summed E-state index contributed by atoms with van der Waals surface area (Å²) >= 11 is 1.15. The fourth-order valence-electron chi connectivity index (χ4n) is 2.65. The van der Waals surface area contributed by atoms with Gasteiger partial charge in [0.25, 0.3) is 5.91 Å². The van der Waals surface area contributed by atoms with Gasteiger partial charge in [-0.15, -0.1) is 5.10 Å². The molecule has 5 nitrogen and oxygen atoms in total. The van der Waals surface area contributed by atoms with E-state index in [-0.39, 0.29) is 17.9 Å². The second-order valence-corrected chi connectivity index (χ2v) is 6.10. The van der Waals surface area contributed by atoms with Gasteiger partial charge in [-0.3, -0.25) is 4.79 Å². The minimum Gasteiger partial charge on any atom is -0.396 e. The van der Waals surface area contributed by atoms with Gasteiger partial charge in [-0.25, -0.2) is 0 Å². The summed E-state index contributed by atoms with van der Waals surface area (Å²) in [5.74, 6) is -0.0989. The highest BCUT2D eigenvalue weighted by molar-refractivity contribution is 7.08. The van der Waals surface area contributed by atoms with Crippen LogP contribution in [0.5, 0.6) is 0 Å². The molecule has 6 heteroatoms. The lowest BCUT2D eigenvalue weighted by atomic mass is 9.87. The van der Waals surface area contributed by atoms with E-state index in [2.05, 4.69) is 21.8 Å². The van der Waals surface area contributed by atoms with Gasteiger partial charge in [0.1, 0.15) is 4.88 Å². The third kappa shape index (κ3) is 3.30. The maximum absolute atomic E-state index is 12.2. The second-order valence-electron chi connectivity index (χ2n) is 5.35. The summed E-state index contributed by atoms with van der Waals surface area (Å²) < 4.78 is 3.86. The third-order valence-corrected chi connectivity index (χ3v) is 4.64. The van der Waals surface area contributed by atoms with Crippen LogP contribution in [-0.2, 0) is 6.42 Å². The number of hydrogen-bond acceptors (Lipinski definition) is 5. The SMILES string of the molecule is CCCc1nnsc1C(=O)NCC1(CO)CCCC1. The molecular weight excluding hydrogens is 262 g/mol. The number of rotatable bonds is 6. The Kier molecular flexibility index (Phi) is 4.87. The molecule has 1 aliphatic carbocycles. The first-order chi connectivity index (χ1) is 9.21.